The second kappa shape index (κ2) is 8.60. The molecule has 2 aliphatic heterocycles. The van der Waals surface area contributed by atoms with Crippen LogP contribution in [-0.2, 0) is 4.74 Å². The maximum atomic E-state index is 14.9. The molecule has 178 valence electrons. The zero-order chi connectivity index (χ0) is 23.9. The van der Waals surface area contributed by atoms with E-state index < -0.39 is 5.60 Å². The minimum absolute atomic E-state index is 0.119. The average molecular weight is 467 g/mol. The number of aromatic nitrogens is 1. The molecule has 1 saturated heterocycles. The lowest BCUT2D eigenvalue weighted by molar-refractivity contribution is 0.0199. The minimum Gasteiger partial charge on any atom is -0.444 e. The maximum Gasteiger partial charge on any atom is 0.410 e. The third-order valence-corrected chi connectivity index (χ3v) is 5.85. The highest BCUT2D eigenvalue weighted by Gasteiger charge is 2.29. The summed E-state index contributed by atoms with van der Waals surface area (Å²) in [4.78, 5) is 18.7. The number of anilines is 1. The lowest BCUT2D eigenvalue weighted by Gasteiger charge is -2.32. The summed E-state index contributed by atoms with van der Waals surface area (Å²) in [6, 6.07) is 10.5. The Balaban J connectivity index is 1.30. The summed E-state index contributed by atoms with van der Waals surface area (Å²) in [7, 11) is 0. The number of likely N-dealkylation sites (tertiary alicyclic amines) is 1. The number of rotatable bonds is 3. The Morgan fingerprint density at radius 2 is 1.97 bits per heavy atom. The van der Waals surface area contributed by atoms with Crippen molar-refractivity contribution in [3.8, 4) is 11.1 Å². The minimum atomic E-state index is -0.512. The molecule has 0 spiro atoms. The Morgan fingerprint density at radius 3 is 2.65 bits per heavy atom. The molecule has 0 aliphatic carbocycles. The van der Waals surface area contributed by atoms with Gasteiger partial charge < -0.3 is 14.1 Å². The van der Waals surface area contributed by atoms with E-state index in [-0.39, 0.29) is 17.8 Å². The van der Waals surface area contributed by atoms with Crippen LogP contribution in [0.1, 0.15) is 45.4 Å². The first-order valence-electron chi connectivity index (χ1n) is 11.3. The highest BCUT2D eigenvalue weighted by molar-refractivity contribution is 5.83. The molecule has 0 bridgehead atoms. The van der Waals surface area contributed by atoms with Gasteiger partial charge in [0.15, 0.2) is 11.5 Å². The third-order valence-electron chi connectivity index (χ3n) is 5.85. The summed E-state index contributed by atoms with van der Waals surface area (Å²) < 4.78 is 26.4. The molecule has 2 aromatic carbocycles. The molecule has 0 radical (unpaired) electrons. The number of oxazole rings is 1. The number of amides is 1. The van der Waals surface area contributed by atoms with Crippen LogP contribution in [0.4, 0.5) is 14.9 Å². The fourth-order valence-corrected chi connectivity index (χ4v) is 4.14. The lowest BCUT2D eigenvalue weighted by atomic mass is 9.97. The largest absolute Gasteiger partial charge is 0.444 e. The van der Waals surface area contributed by atoms with Crippen LogP contribution in [0.2, 0.25) is 0 Å². The van der Waals surface area contributed by atoms with Crippen LogP contribution in [0, 0.1) is 5.82 Å². The number of hydrogen-bond donors (Lipinski definition) is 2. The van der Waals surface area contributed by atoms with Gasteiger partial charge in [0.05, 0.1) is 5.69 Å². The molecule has 1 aromatic heterocycles. The van der Waals surface area contributed by atoms with Crippen molar-refractivity contribution in [2.75, 3.05) is 18.1 Å². The molecule has 5 rings (SSSR count). The molecular formula is C24H27FN6O3. The Morgan fingerprint density at radius 1 is 1.18 bits per heavy atom. The predicted molar refractivity (Wildman–Crippen MR) is 126 cm³/mol. The number of benzene rings is 2. The molecule has 10 heteroatoms. The van der Waals surface area contributed by atoms with E-state index in [2.05, 4.69) is 16.2 Å². The number of hydrazine groups is 2. The number of ether oxygens (including phenoxy) is 1. The monoisotopic (exact) mass is 466 g/mol. The number of hydrogen-bond acceptors (Lipinski definition) is 8. The van der Waals surface area contributed by atoms with Gasteiger partial charge in [-0.15, -0.1) is 5.53 Å². The van der Waals surface area contributed by atoms with E-state index in [0.717, 1.165) is 18.4 Å². The Kier molecular flexibility index (Phi) is 5.60. The highest BCUT2D eigenvalue weighted by atomic mass is 19.1. The first-order valence-corrected chi connectivity index (χ1v) is 11.3. The number of carbonyl (C=O) groups is 1. The molecular weight excluding hydrogens is 439 g/mol. The van der Waals surface area contributed by atoms with Crippen LogP contribution >= 0.6 is 0 Å². The molecule has 2 aliphatic rings. The summed E-state index contributed by atoms with van der Waals surface area (Å²) >= 11 is 0. The van der Waals surface area contributed by atoms with E-state index in [4.69, 9.17) is 14.1 Å². The van der Waals surface area contributed by atoms with Crippen molar-refractivity contribution in [2.24, 2.45) is 5.10 Å². The SMILES string of the molecule is CC(C)(C)OC(=O)N1CCC(c2nc3cc(-c4ccc(N5C=NNN5)cc4F)ccc3o2)CC1. The van der Waals surface area contributed by atoms with E-state index in [1.54, 1.807) is 22.0 Å². The highest BCUT2D eigenvalue weighted by Crippen LogP contribution is 2.33. The van der Waals surface area contributed by atoms with Crippen molar-refractivity contribution in [3.05, 3.63) is 48.1 Å². The van der Waals surface area contributed by atoms with Gasteiger partial charge in [0.1, 0.15) is 23.3 Å². The second-order valence-corrected chi connectivity index (χ2v) is 9.48. The number of nitrogens with one attached hydrogen (secondary N) is 2. The van der Waals surface area contributed by atoms with Crippen LogP contribution < -0.4 is 16.1 Å². The topological polar surface area (TPSA) is 95.2 Å². The van der Waals surface area contributed by atoms with Crippen molar-refractivity contribution in [2.45, 2.75) is 45.1 Å². The van der Waals surface area contributed by atoms with E-state index in [1.165, 1.54) is 12.4 Å². The van der Waals surface area contributed by atoms with Gasteiger partial charge in [-0.05, 0) is 69.5 Å². The quantitative estimate of drug-likeness (QED) is 0.586. The first-order chi connectivity index (χ1) is 16.3. The van der Waals surface area contributed by atoms with Crippen molar-refractivity contribution >= 4 is 29.2 Å². The molecule has 34 heavy (non-hydrogen) atoms. The molecule has 0 unspecified atom stereocenters. The number of piperidine rings is 1. The van der Waals surface area contributed by atoms with Crippen LogP contribution in [0.15, 0.2) is 45.9 Å². The van der Waals surface area contributed by atoms with Gasteiger partial charge in [0, 0.05) is 24.6 Å². The van der Waals surface area contributed by atoms with Gasteiger partial charge in [-0.25, -0.2) is 24.7 Å². The van der Waals surface area contributed by atoms with Crippen molar-refractivity contribution in [1.82, 2.24) is 21.0 Å². The van der Waals surface area contributed by atoms with Gasteiger partial charge in [0.25, 0.3) is 0 Å². The average Bonchev–Trinajstić information content (AvgIpc) is 3.48. The zero-order valence-electron chi connectivity index (χ0n) is 19.3. The van der Waals surface area contributed by atoms with Crippen molar-refractivity contribution in [3.63, 3.8) is 0 Å². The van der Waals surface area contributed by atoms with Gasteiger partial charge in [-0.3, -0.25) is 0 Å². The summed E-state index contributed by atoms with van der Waals surface area (Å²) in [5.41, 5.74) is 8.01. The molecule has 0 atom stereocenters. The van der Waals surface area contributed by atoms with Gasteiger partial charge in [0.2, 0.25) is 0 Å². The number of fused-ring (bicyclic) bond motifs is 1. The summed E-state index contributed by atoms with van der Waals surface area (Å²) in [6.07, 6.45) is 2.73. The van der Waals surface area contributed by atoms with Crippen LogP contribution in [0.3, 0.4) is 0 Å². The summed E-state index contributed by atoms with van der Waals surface area (Å²) in [5, 5.41) is 5.40. The van der Waals surface area contributed by atoms with Crippen molar-refractivity contribution < 1.29 is 18.3 Å². The number of hydrazone groups is 1. The maximum absolute atomic E-state index is 14.9. The lowest BCUT2D eigenvalue weighted by Crippen LogP contribution is -2.41. The van der Waals surface area contributed by atoms with Gasteiger partial charge >= 0.3 is 6.09 Å². The van der Waals surface area contributed by atoms with Gasteiger partial charge in [-0.2, -0.15) is 5.10 Å². The molecule has 1 amide bonds. The van der Waals surface area contributed by atoms with Crippen LogP contribution in [0.5, 0.6) is 0 Å². The smallest absolute Gasteiger partial charge is 0.410 e. The van der Waals surface area contributed by atoms with E-state index >= 15 is 0 Å². The first kappa shape index (κ1) is 22.1. The Hall–Kier alpha value is -3.66. The third kappa shape index (κ3) is 4.54. The van der Waals surface area contributed by atoms with Gasteiger partial charge in [-0.1, -0.05) is 6.07 Å². The Bertz CT molecular complexity index is 1240. The standard InChI is InChI=1S/C24H27FN6O3/c1-24(2,3)34-23(32)30-10-8-15(9-11-30)22-27-20-12-16(4-7-21(20)33-22)18-6-5-17(13-19(18)25)31-14-26-28-29-31/h4-7,12-15,28-29H,8-11H2,1-3H3. The van der Waals surface area contributed by atoms with Crippen molar-refractivity contribution in [1.29, 1.82) is 0 Å². The normalized spacial score (nSPS) is 16.8. The molecule has 9 nitrogen and oxygen atoms in total. The molecule has 3 aromatic rings. The van der Waals surface area contributed by atoms with E-state index in [1.807, 2.05) is 39.0 Å². The number of carbonyl (C=O) groups excluding carboxylic acids is 1. The fraction of sp³-hybridized carbons (Fsp3) is 0.375. The molecule has 2 N–H and O–H groups in total. The summed E-state index contributed by atoms with van der Waals surface area (Å²) in [5.74, 6) is 0.421. The fourth-order valence-electron chi connectivity index (χ4n) is 4.14. The van der Waals surface area contributed by atoms with E-state index in [0.29, 0.717) is 41.3 Å². The molecule has 3 heterocycles. The zero-order valence-corrected chi connectivity index (χ0v) is 19.3. The predicted octanol–water partition coefficient (Wildman–Crippen LogP) is 4.52. The number of nitrogens with zero attached hydrogens (tertiary/aromatic N) is 4. The number of halogens is 1. The summed E-state index contributed by atoms with van der Waals surface area (Å²) in [6.45, 7) is 6.77. The Labute approximate surface area is 196 Å². The molecule has 1 fully saturated rings. The van der Waals surface area contributed by atoms with Crippen LogP contribution in [0.25, 0.3) is 22.2 Å². The second-order valence-electron chi connectivity index (χ2n) is 9.48. The van der Waals surface area contributed by atoms with Crippen LogP contribution in [-0.4, -0.2) is 41.0 Å². The molecule has 0 saturated carbocycles. The van der Waals surface area contributed by atoms with E-state index in [9.17, 15) is 9.18 Å².